The Morgan fingerprint density at radius 2 is 1.88 bits per heavy atom. The van der Waals surface area contributed by atoms with Crippen molar-refractivity contribution in [2.24, 2.45) is 0 Å². The molecule has 0 unspecified atom stereocenters. The summed E-state index contributed by atoms with van der Waals surface area (Å²) in [6.07, 6.45) is 2.39. The molecule has 1 aromatic carbocycles. The van der Waals surface area contributed by atoms with E-state index in [-0.39, 0.29) is 17.7 Å². The maximum Gasteiger partial charge on any atom is 0.336 e. The van der Waals surface area contributed by atoms with Crippen molar-refractivity contribution in [3.8, 4) is 5.75 Å². The van der Waals surface area contributed by atoms with Crippen LogP contribution in [0.1, 0.15) is 34.9 Å². The van der Waals surface area contributed by atoms with Crippen molar-refractivity contribution in [2.75, 3.05) is 0 Å². The monoisotopic (exact) mass is 339 g/mol. The number of nitrogens with one attached hydrogen (secondary N) is 1. The molecular formula is C20H21NO4. The van der Waals surface area contributed by atoms with Crippen molar-refractivity contribution in [1.29, 1.82) is 0 Å². The van der Waals surface area contributed by atoms with Gasteiger partial charge in [-0.25, -0.2) is 4.79 Å². The fourth-order valence-corrected chi connectivity index (χ4v) is 2.96. The lowest BCUT2D eigenvalue weighted by Crippen LogP contribution is -2.15. The molecule has 2 heterocycles. The van der Waals surface area contributed by atoms with E-state index in [2.05, 4.69) is 4.98 Å². The van der Waals surface area contributed by atoms with E-state index in [9.17, 15) is 9.59 Å². The molecular weight excluding hydrogens is 318 g/mol. The summed E-state index contributed by atoms with van der Waals surface area (Å²) in [5.41, 5.74) is 4.07. The van der Waals surface area contributed by atoms with Crippen LogP contribution in [0, 0.1) is 20.8 Å². The van der Waals surface area contributed by atoms with Gasteiger partial charge in [-0.2, -0.15) is 0 Å². The quantitative estimate of drug-likeness (QED) is 0.738. The second-order valence-corrected chi connectivity index (χ2v) is 6.27. The van der Waals surface area contributed by atoms with Crippen molar-refractivity contribution in [1.82, 2.24) is 4.98 Å². The Kier molecular flexibility index (Phi) is 4.49. The third-order valence-corrected chi connectivity index (χ3v) is 4.40. The molecule has 0 atom stereocenters. The molecule has 0 radical (unpaired) electrons. The summed E-state index contributed by atoms with van der Waals surface area (Å²) in [5, 5.41) is 0.805. The van der Waals surface area contributed by atoms with Crippen LogP contribution in [0.3, 0.4) is 0 Å². The highest BCUT2D eigenvalue weighted by atomic mass is 16.5. The van der Waals surface area contributed by atoms with Crippen LogP contribution in [0.4, 0.5) is 0 Å². The molecule has 0 amide bonds. The molecule has 0 fully saturated rings. The van der Waals surface area contributed by atoms with Crippen molar-refractivity contribution in [2.45, 2.75) is 40.7 Å². The topological polar surface area (TPSA) is 72.3 Å². The molecule has 0 aliphatic rings. The van der Waals surface area contributed by atoms with Crippen LogP contribution in [0.15, 0.2) is 38.4 Å². The number of H-pyrrole nitrogens is 1. The lowest BCUT2D eigenvalue weighted by atomic mass is 10.0. The van der Waals surface area contributed by atoms with E-state index in [0.29, 0.717) is 28.9 Å². The van der Waals surface area contributed by atoms with Gasteiger partial charge in [0.25, 0.3) is 0 Å². The van der Waals surface area contributed by atoms with E-state index < -0.39 is 0 Å². The minimum atomic E-state index is -0.361. The summed E-state index contributed by atoms with van der Waals surface area (Å²) < 4.78 is 11.4. The maximum absolute atomic E-state index is 12.1. The SMILES string of the molecule is CCc1cc(=O)oc2cc(C)cc(OCc3[nH]cc(C)c(=O)c3C)c12. The van der Waals surface area contributed by atoms with Crippen LogP contribution in [0.5, 0.6) is 5.75 Å². The molecule has 5 heteroatoms. The molecule has 2 aromatic heterocycles. The second-order valence-electron chi connectivity index (χ2n) is 6.27. The molecule has 5 nitrogen and oxygen atoms in total. The first-order valence-electron chi connectivity index (χ1n) is 8.28. The van der Waals surface area contributed by atoms with E-state index in [1.54, 1.807) is 20.0 Å². The Balaban J connectivity index is 2.06. The normalized spacial score (nSPS) is 11.0. The van der Waals surface area contributed by atoms with Crippen LogP contribution in [0.2, 0.25) is 0 Å². The zero-order valence-corrected chi connectivity index (χ0v) is 14.9. The van der Waals surface area contributed by atoms with E-state index in [1.807, 2.05) is 26.0 Å². The highest BCUT2D eigenvalue weighted by Crippen LogP contribution is 2.30. The van der Waals surface area contributed by atoms with Gasteiger partial charge in [0.2, 0.25) is 0 Å². The number of hydrogen-bond donors (Lipinski definition) is 1. The minimum Gasteiger partial charge on any atom is -0.487 e. The number of pyridine rings is 1. The number of ether oxygens (including phenoxy) is 1. The number of aryl methyl sites for hydroxylation is 3. The molecule has 0 aliphatic heterocycles. The third kappa shape index (κ3) is 3.22. The Labute approximate surface area is 145 Å². The van der Waals surface area contributed by atoms with Gasteiger partial charge in [0.05, 0.1) is 11.1 Å². The van der Waals surface area contributed by atoms with Gasteiger partial charge in [-0.1, -0.05) is 6.92 Å². The fraction of sp³-hybridized carbons (Fsp3) is 0.300. The average molecular weight is 339 g/mol. The fourth-order valence-electron chi connectivity index (χ4n) is 2.96. The molecule has 0 saturated heterocycles. The highest BCUT2D eigenvalue weighted by Gasteiger charge is 2.13. The number of aromatic amines is 1. The number of fused-ring (bicyclic) bond motifs is 1. The van der Waals surface area contributed by atoms with Crippen molar-refractivity contribution < 1.29 is 9.15 Å². The molecule has 0 aliphatic carbocycles. The summed E-state index contributed by atoms with van der Waals surface area (Å²) in [6, 6.07) is 5.26. The minimum absolute atomic E-state index is 0.0201. The molecule has 0 saturated carbocycles. The smallest absolute Gasteiger partial charge is 0.336 e. The van der Waals surface area contributed by atoms with Crippen LogP contribution in [0.25, 0.3) is 11.0 Å². The first kappa shape index (κ1) is 17.0. The molecule has 3 rings (SSSR count). The lowest BCUT2D eigenvalue weighted by molar-refractivity contribution is 0.303. The van der Waals surface area contributed by atoms with Gasteiger partial charge in [-0.05, 0) is 50.5 Å². The number of rotatable bonds is 4. The third-order valence-electron chi connectivity index (χ3n) is 4.40. The standard InChI is InChI=1S/C20H21NO4/c1-5-14-8-18(22)25-17-7-11(2)6-16(19(14)17)24-10-15-13(4)20(23)12(3)9-21-15/h6-9H,5,10H2,1-4H3,(H,21,23). The van der Waals surface area contributed by atoms with Gasteiger partial charge in [0, 0.05) is 23.4 Å². The molecule has 0 spiro atoms. The van der Waals surface area contributed by atoms with Crippen LogP contribution >= 0.6 is 0 Å². The van der Waals surface area contributed by atoms with Gasteiger partial charge < -0.3 is 14.1 Å². The summed E-state index contributed by atoms with van der Waals surface area (Å²) in [7, 11) is 0. The highest BCUT2D eigenvalue weighted by molar-refractivity contribution is 5.87. The summed E-state index contributed by atoms with van der Waals surface area (Å²) in [5.74, 6) is 0.649. The van der Waals surface area contributed by atoms with Crippen LogP contribution in [-0.4, -0.2) is 4.98 Å². The first-order chi connectivity index (χ1) is 11.9. The number of benzene rings is 1. The van der Waals surface area contributed by atoms with Crippen molar-refractivity contribution in [3.63, 3.8) is 0 Å². The Morgan fingerprint density at radius 1 is 1.12 bits per heavy atom. The van der Waals surface area contributed by atoms with Crippen molar-refractivity contribution >= 4 is 11.0 Å². The first-order valence-corrected chi connectivity index (χ1v) is 8.28. The van der Waals surface area contributed by atoms with E-state index >= 15 is 0 Å². The zero-order valence-electron chi connectivity index (χ0n) is 14.9. The predicted octanol–water partition coefficient (Wildman–Crippen LogP) is 3.55. The molecule has 25 heavy (non-hydrogen) atoms. The Hall–Kier alpha value is -2.82. The van der Waals surface area contributed by atoms with Crippen LogP contribution in [-0.2, 0) is 13.0 Å². The summed E-state index contributed by atoms with van der Waals surface area (Å²) in [6.45, 7) is 7.71. The predicted molar refractivity (Wildman–Crippen MR) is 97.5 cm³/mol. The van der Waals surface area contributed by atoms with Gasteiger partial charge in [-0.3, -0.25) is 4.79 Å². The van der Waals surface area contributed by atoms with E-state index in [1.165, 1.54) is 6.07 Å². The van der Waals surface area contributed by atoms with Gasteiger partial charge in [0.1, 0.15) is 17.9 Å². The molecule has 0 bridgehead atoms. The number of aromatic nitrogens is 1. The molecule has 130 valence electrons. The van der Waals surface area contributed by atoms with Crippen LogP contribution < -0.4 is 15.8 Å². The summed E-state index contributed by atoms with van der Waals surface area (Å²) >= 11 is 0. The molecule has 3 aromatic rings. The maximum atomic E-state index is 12.1. The van der Waals surface area contributed by atoms with E-state index in [0.717, 1.165) is 22.2 Å². The van der Waals surface area contributed by atoms with E-state index in [4.69, 9.17) is 9.15 Å². The lowest BCUT2D eigenvalue weighted by Gasteiger charge is -2.13. The van der Waals surface area contributed by atoms with Gasteiger partial charge >= 0.3 is 5.63 Å². The largest absolute Gasteiger partial charge is 0.487 e. The number of hydrogen-bond acceptors (Lipinski definition) is 4. The summed E-state index contributed by atoms with van der Waals surface area (Å²) in [4.78, 5) is 26.9. The molecule has 1 N–H and O–H groups in total. The van der Waals surface area contributed by atoms with Crippen molar-refractivity contribution in [3.05, 3.63) is 73.0 Å². The van der Waals surface area contributed by atoms with Gasteiger partial charge in [-0.15, -0.1) is 0 Å². The second kappa shape index (κ2) is 6.59. The zero-order chi connectivity index (χ0) is 18.1. The average Bonchev–Trinajstić information content (AvgIpc) is 2.57. The Bertz CT molecular complexity index is 1060. The Morgan fingerprint density at radius 3 is 2.60 bits per heavy atom. The van der Waals surface area contributed by atoms with Gasteiger partial charge in [0.15, 0.2) is 5.43 Å².